The van der Waals surface area contributed by atoms with Crippen LogP contribution in [-0.2, 0) is 16.1 Å². The van der Waals surface area contributed by atoms with Gasteiger partial charge in [-0.15, -0.1) is 0 Å². The SMILES string of the molecule is CC1(CCC(=O)C[C@H]2C[C@H]2c2ccccc2)N=C(N)N(Cc2cccc(Cl)c2)C1=O. The van der Waals surface area contributed by atoms with Gasteiger partial charge in [0.15, 0.2) is 5.96 Å². The number of aliphatic imine (C=N–C) groups is 1. The van der Waals surface area contributed by atoms with E-state index in [1.54, 1.807) is 19.1 Å². The van der Waals surface area contributed by atoms with Crippen molar-refractivity contribution in [2.45, 2.75) is 50.6 Å². The highest BCUT2D eigenvalue weighted by Gasteiger charge is 2.44. The summed E-state index contributed by atoms with van der Waals surface area (Å²) in [6.45, 7) is 2.08. The highest BCUT2D eigenvalue weighted by atomic mass is 35.5. The van der Waals surface area contributed by atoms with E-state index in [1.165, 1.54) is 10.5 Å². The van der Waals surface area contributed by atoms with Gasteiger partial charge in [0.2, 0.25) is 0 Å². The number of hydrogen-bond donors (Lipinski definition) is 1. The van der Waals surface area contributed by atoms with Gasteiger partial charge in [0.05, 0.1) is 6.54 Å². The summed E-state index contributed by atoms with van der Waals surface area (Å²) in [5.41, 5.74) is 7.25. The van der Waals surface area contributed by atoms with Crippen molar-refractivity contribution in [3.8, 4) is 0 Å². The maximum Gasteiger partial charge on any atom is 0.257 e. The van der Waals surface area contributed by atoms with Gasteiger partial charge in [-0.25, -0.2) is 4.99 Å². The molecule has 30 heavy (non-hydrogen) atoms. The molecule has 4 rings (SSSR count). The minimum absolute atomic E-state index is 0.165. The molecule has 1 aliphatic carbocycles. The third-order valence-corrected chi connectivity index (χ3v) is 6.34. The Morgan fingerprint density at radius 2 is 2.00 bits per heavy atom. The van der Waals surface area contributed by atoms with Crippen LogP contribution < -0.4 is 5.73 Å². The number of halogens is 1. The van der Waals surface area contributed by atoms with Crippen molar-refractivity contribution in [1.82, 2.24) is 4.90 Å². The summed E-state index contributed by atoms with van der Waals surface area (Å²) in [6.07, 6.45) is 2.34. The lowest BCUT2D eigenvalue weighted by Crippen LogP contribution is -2.42. The van der Waals surface area contributed by atoms with Gasteiger partial charge in [-0.05, 0) is 54.9 Å². The molecule has 5 nitrogen and oxygen atoms in total. The van der Waals surface area contributed by atoms with Crippen LogP contribution in [0.25, 0.3) is 0 Å². The summed E-state index contributed by atoms with van der Waals surface area (Å²) in [7, 11) is 0. The van der Waals surface area contributed by atoms with E-state index in [9.17, 15) is 9.59 Å². The largest absolute Gasteiger partial charge is 0.369 e. The topological polar surface area (TPSA) is 75.8 Å². The predicted molar refractivity (Wildman–Crippen MR) is 118 cm³/mol. The van der Waals surface area contributed by atoms with E-state index < -0.39 is 5.54 Å². The lowest BCUT2D eigenvalue weighted by atomic mass is 9.93. The van der Waals surface area contributed by atoms with Crippen LogP contribution in [0.2, 0.25) is 5.02 Å². The Balaban J connectivity index is 1.31. The van der Waals surface area contributed by atoms with Gasteiger partial charge < -0.3 is 5.73 Å². The van der Waals surface area contributed by atoms with Crippen molar-refractivity contribution < 1.29 is 9.59 Å². The average Bonchev–Trinajstić information content (AvgIpc) is 3.45. The molecule has 0 spiro atoms. The zero-order valence-electron chi connectivity index (χ0n) is 17.1. The second-order valence-electron chi connectivity index (χ2n) is 8.52. The Morgan fingerprint density at radius 3 is 2.73 bits per heavy atom. The lowest BCUT2D eigenvalue weighted by Gasteiger charge is -2.22. The molecule has 1 amide bonds. The quantitative estimate of drug-likeness (QED) is 0.687. The van der Waals surface area contributed by atoms with Crippen LogP contribution in [0.4, 0.5) is 0 Å². The third-order valence-electron chi connectivity index (χ3n) is 6.10. The Kier molecular flexibility index (Phi) is 5.65. The maximum atomic E-state index is 13.0. The number of carbonyl (C=O) groups is 2. The Labute approximate surface area is 181 Å². The Bertz CT molecular complexity index is 991. The molecule has 2 aromatic rings. The standard InChI is InChI=1S/C24H26ClN3O2/c1-24(11-10-20(29)13-18-14-21(18)17-7-3-2-4-8-17)22(30)28(23(26)27-24)15-16-6-5-9-19(25)12-16/h2-9,12,18,21H,10-11,13-15H2,1H3,(H2,26,27)/t18-,21-,24?/m0/s1. The van der Waals surface area contributed by atoms with Crippen LogP contribution >= 0.6 is 11.6 Å². The van der Waals surface area contributed by atoms with Crippen molar-refractivity contribution in [2.75, 3.05) is 0 Å². The molecule has 2 N–H and O–H groups in total. The Hall–Kier alpha value is -2.66. The average molecular weight is 424 g/mol. The van der Waals surface area contributed by atoms with Crippen molar-refractivity contribution in [1.29, 1.82) is 0 Å². The molecule has 1 heterocycles. The normalized spacial score (nSPS) is 25.3. The zero-order valence-corrected chi connectivity index (χ0v) is 17.8. The number of rotatable bonds is 8. The van der Waals surface area contributed by atoms with E-state index in [0.717, 1.165) is 12.0 Å². The zero-order chi connectivity index (χ0) is 21.3. The van der Waals surface area contributed by atoms with Gasteiger partial charge in [-0.2, -0.15) is 0 Å². The van der Waals surface area contributed by atoms with Crippen molar-refractivity contribution in [2.24, 2.45) is 16.6 Å². The highest BCUT2D eigenvalue weighted by Crippen LogP contribution is 2.49. The van der Waals surface area contributed by atoms with Gasteiger partial charge in [0.25, 0.3) is 5.91 Å². The maximum absolute atomic E-state index is 13.0. The lowest BCUT2D eigenvalue weighted by molar-refractivity contribution is -0.131. The molecule has 6 heteroatoms. The molecule has 1 saturated carbocycles. The monoisotopic (exact) mass is 423 g/mol. The smallest absolute Gasteiger partial charge is 0.257 e. The molecular formula is C24H26ClN3O2. The fourth-order valence-electron chi connectivity index (χ4n) is 4.25. The molecular weight excluding hydrogens is 398 g/mol. The molecule has 1 fully saturated rings. The molecule has 1 aliphatic heterocycles. The first kappa shape index (κ1) is 20.6. The number of Topliss-reactive ketones (excluding diaryl/α,β-unsaturated/α-hetero) is 1. The van der Waals surface area contributed by atoms with E-state index in [2.05, 4.69) is 17.1 Å². The van der Waals surface area contributed by atoms with Crippen LogP contribution in [0.1, 0.15) is 49.7 Å². The molecule has 2 aromatic carbocycles. The summed E-state index contributed by atoms with van der Waals surface area (Å²) in [5, 5.41) is 0.608. The van der Waals surface area contributed by atoms with Gasteiger partial charge in [0, 0.05) is 17.9 Å². The number of benzene rings is 2. The van der Waals surface area contributed by atoms with Crippen LogP contribution in [0.3, 0.4) is 0 Å². The molecule has 0 bridgehead atoms. The molecule has 2 aliphatic rings. The molecule has 1 unspecified atom stereocenters. The molecule has 0 aromatic heterocycles. The van der Waals surface area contributed by atoms with E-state index in [-0.39, 0.29) is 17.6 Å². The van der Waals surface area contributed by atoms with E-state index >= 15 is 0 Å². The van der Waals surface area contributed by atoms with Gasteiger partial charge in [0.1, 0.15) is 11.3 Å². The van der Waals surface area contributed by atoms with Crippen molar-refractivity contribution in [3.05, 3.63) is 70.7 Å². The summed E-state index contributed by atoms with van der Waals surface area (Å²) in [4.78, 5) is 31.4. The van der Waals surface area contributed by atoms with E-state index in [0.29, 0.717) is 42.7 Å². The second kappa shape index (κ2) is 8.23. The van der Waals surface area contributed by atoms with Crippen LogP contribution in [0.15, 0.2) is 59.6 Å². The molecule has 3 atom stereocenters. The summed E-state index contributed by atoms with van der Waals surface area (Å²) in [6, 6.07) is 17.7. The minimum Gasteiger partial charge on any atom is -0.369 e. The number of hydrogen-bond acceptors (Lipinski definition) is 4. The van der Waals surface area contributed by atoms with Crippen LogP contribution in [0, 0.1) is 5.92 Å². The number of carbonyl (C=O) groups excluding carboxylic acids is 2. The highest BCUT2D eigenvalue weighted by molar-refractivity contribution is 6.30. The number of nitrogens with zero attached hydrogens (tertiary/aromatic N) is 2. The number of ketones is 1. The second-order valence-corrected chi connectivity index (χ2v) is 8.96. The first-order chi connectivity index (χ1) is 14.4. The third kappa shape index (κ3) is 4.41. The van der Waals surface area contributed by atoms with Crippen LogP contribution in [0.5, 0.6) is 0 Å². The van der Waals surface area contributed by atoms with Crippen LogP contribution in [-0.4, -0.2) is 28.1 Å². The molecule has 0 radical (unpaired) electrons. The van der Waals surface area contributed by atoms with E-state index in [1.807, 2.05) is 30.3 Å². The van der Waals surface area contributed by atoms with Gasteiger partial charge in [-0.1, -0.05) is 54.1 Å². The summed E-state index contributed by atoms with van der Waals surface area (Å²) in [5.74, 6) is 1.12. The minimum atomic E-state index is -0.985. The first-order valence-electron chi connectivity index (χ1n) is 10.3. The summed E-state index contributed by atoms with van der Waals surface area (Å²) < 4.78 is 0. The van der Waals surface area contributed by atoms with E-state index in [4.69, 9.17) is 17.3 Å². The van der Waals surface area contributed by atoms with Gasteiger partial charge in [-0.3, -0.25) is 14.5 Å². The number of guanidine groups is 1. The number of amides is 1. The van der Waals surface area contributed by atoms with Crippen molar-refractivity contribution in [3.63, 3.8) is 0 Å². The predicted octanol–water partition coefficient (Wildman–Crippen LogP) is 4.30. The molecule has 0 saturated heterocycles. The first-order valence-corrected chi connectivity index (χ1v) is 10.7. The Morgan fingerprint density at radius 1 is 1.23 bits per heavy atom. The van der Waals surface area contributed by atoms with Gasteiger partial charge >= 0.3 is 0 Å². The fraction of sp³-hybridized carbons (Fsp3) is 0.375. The number of nitrogens with two attached hydrogens (primary N) is 1. The fourth-order valence-corrected chi connectivity index (χ4v) is 4.46. The summed E-state index contributed by atoms with van der Waals surface area (Å²) >= 11 is 6.04. The van der Waals surface area contributed by atoms with Crippen molar-refractivity contribution >= 4 is 29.3 Å². The molecule has 156 valence electrons.